The van der Waals surface area contributed by atoms with Gasteiger partial charge in [0.1, 0.15) is 16.2 Å². The first-order chi connectivity index (χ1) is 15.2. The average Bonchev–Trinajstić information content (AvgIpc) is 3.11. The number of nitrogens with one attached hydrogen (secondary N) is 1. The van der Waals surface area contributed by atoms with E-state index in [-0.39, 0.29) is 12.2 Å². The van der Waals surface area contributed by atoms with Gasteiger partial charge in [-0.1, -0.05) is 6.07 Å². The van der Waals surface area contributed by atoms with Crippen molar-refractivity contribution in [2.75, 3.05) is 13.7 Å². The van der Waals surface area contributed by atoms with Gasteiger partial charge in [-0.3, -0.25) is 4.79 Å². The fourth-order valence-electron chi connectivity index (χ4n) is 3.25. The summed E-state index contributed by atoms with van der Waals surface area (Å²) in [5.74, 6) is -0.366. The van der Waals surface area contributed by atoms with Gasteiger partial charge < -0.3 is 14.0 Å². The lowest BCUT2D eigenvalue weighted by molar-refractivity contribution is -0.145. The lowest BCUT2D eigenvalue weighted by Gasteiger charge is -2.27. The van der Waals surface area contributed by atoms with Crippen molar-refractivity contribution in [1.82, 2.24) is 14.5 Å². The number of carbonyl (C=O) groups is 1. The zero-order valence-corrected chi connectivity index (χ0v) is 20.6. The number of esters is 1. The van der Waals surface area contributed by atoms with Crippen LogP contribution >= 0.6 is 0 Å². The van der Waals surface area contributed by atoms with Gasteiger partial charge in [-0.25, -0.2) is 4.68 Å². The van der Waals surface area contributed by atoms with Crippen LogP contribution in [0.5, 0.6) is 5.75 Å². The van der Waals surface area contributed by atoms with Crippen LogP contribution in [0.25, 0.3) is 5.69 Å². The summed E-state index contributed by atoms with van der Waals surface area (Å²) in [6.07, 6.45) is -4.07. The zero-order chi connectivity index (χ0) is 25.1. The molecule has 0 bridgehead atoms. The second kappa shape index (κ2) is 10.4. The molecule has 33 heavy (non-hydrogen) atoms. The molecule has 0 amide bonds. The molecule has 1 aromatic carbocycles. The van der Waals surface area contributed by atoms with Crippen LogP contribution in [0, 0.1) is 13.8 Å². The maximum absolute atomic E-state index is 14.0. The molecular weight excluding hydrogens is 459 g/mol. The molecule has 2 rings (SSSR count). The van der Waals surface area contributed by atoms with Crippen LogP contribution in [0.2, 0.25) is 0 Å². The monoisotopic (exact) mass is 489 g/mol. The summed E-state index contributed by atoms with van der Waals surface area (Å²) in [5.41, 5.74) is 0.376. The van der Waals surface area contributed by atoms with E-state index in [1.165, 1.54) is 13.3 Å². The normalized spacial score (nSPS) is 14.2. The molecule has 0 unspecified atom stereocenters. The highest BCUT2D eigenvalue weighted by atomic mass is 32.2. The van der Waals surface area contributed by atoms with Crippen molar-refractivity contribution >= 4 is 17.3 Å². The molecule has 0 fully saturated rings. The van der Waals surface area contributed by atoms with Crippen molar-refractivity contribution in [3.63, 3.8) is 0 Å². The van der Waals surface area contributed by atoms with Gasteiger partial charge in [-0.2, -0.15) is 18.3 Å². The minimum atomic E-state index is -4.82. The summed E-state index contributed by atoms with van der Waals surface area (Å²) in [6.45, 7) is 10.3. The molecule has 0 spiro atoms. The fourth-order valence-corrected chi connectivity index (χ4v) is 4.08. The number of benzene rings is 1. The van der Waals surface area contributed by atoms with Crippen LogP contribution in [0.15, 0.2) is 18.3 Å². The predicted molar refractivity (Wildman–Crippen MR) is 120 cm³/mol. The van der Waals surface area contributed by atoms with Crippen LogP contribution in [0.3, 0.4) is 0 Å². The number of aromatic nitrogens is 2. The van der Waals surface area contributed by atoms with Gasteiger partial charge in [0.05, 0.1) is 26.2 Å². The van der Waals surface area contributed by atoms with Crippen LogP contribution in [-0.2, 0) is 27.1 Å². The number of hydrogen-bond donors (Lipinski definition) is 1. The van der Waals surface area contributed by atoms with Gasteiger partial charge in [-0.05, 0) is 58.7 Å². The number of nitrogens with zero attached hydrogens (tertiary/aromatic N) is 2. The lowest BCUT2D eigenvalue weighted by atomic mass is 10.1. The van der Waals surface area contributed by atoms with E-state index < -0.39 is 46.4 Å². The third-order valence-corrected chi connectivity index (χ3v) is 6.34. The molecular formula is C22H30F3N3O4S. The molecule has 0 radical (unpaired) electrons. The van der Waals surface area contributed by atoms with Crippen LogP contribution in [-0.4, -0.2) is 38.8 Å². The molecule has 2 aromatic rings. The van der Waals surface area contributed by atoms with Crippen LogP contribution < -0.4 is 9.46 Å². The van der Waals surface area contributed by atoms with E-state index in [1.54, 1.807) is 46.8 Å². The maximum atomic E-state index is 14.0. The smallest absolute Gasteiger partial charge is 0.435 e. The Hall–Kier alpha value is -2.24. The molecule has 0 aliphatic rings. The second-order valence-corrected chi connectivity index (χ2v) is 10.6. The molecule has 11 heteroatoms. The summed E-state index contributed by atoms with van der Waals surface area (Å²) in [7, 11) is 1.42. The Morgan fingerprint density at radius 2 is 1.91 bits per heavy atom. The Balaban J connectivity index is 2.68. The first-order valence-corrected chi connectivity index (χ1v) is 11.5. The molecule has 2 atom stereocenters. The first kappa shape index (κ1) is 27.0. The summed E-state index contributed by atoms with van der Waals surface area (Å²) < 4.78 is 68.1. The minimum Gasteiger partial charge on any atom is -0.598 e. The molecule has 184 valence electrons. The third kappa shape index (κ3) is 6.64. The first-order valence-electron chi connectivity index (χ1n) is 10.3. The Bertz CT molecular complexity index is 986. The Morgan fingerprint density at radius 1 is 1.27 bits per heavy atom. The number of alkyl halides is 3. The van der Waals surface area contributed by atoms with E-state index in [2.05, 4.69) is 9.82 Å². The number of methoxy groups -OCH3 is 1. The lowest BCUT2D eigenvalue weighted by Crippen LogP contribution is -2.42. The van der Waals surface area contributed by atoms with E-state index >= 15 is 0 Å². The molecule has 0 aliphatic carbocycles. The van der Waals surface area contributed by atoms with E-state index in [1.807, 2.05) is 6.92 Å². The van der Waals surface area contributed by atoms with Gasteiger partial charge >= 0.3 is 12.1 Å². The Labute approximate surface area is 195 Å². The number of aryl methyl sites for hydroxylation is 2. The van der Waals surface area contributed by atoms with Crippen molar-refractivity contribution in [2.45, 2.75) is 64.9 Å². The highest BCUT2D eigenvalue weighted by molar-refractivity contribution is 7.90. The van der Waals surface area contributed by atoms with Crippen molar-refractivity contribution in [2.24, 2.45) is 0 Å². The molecule has 1 heterocycles. The molecule has 0 saturated heterocycles. The van der Waals surface area contributed by atoms with E-state index in [0.717, 1.165) is 10.2 Å². The fraction of sp³-hybridized carbons (Fsp3) is 0.545. The molecule has 1 aromatic heterocycles. The van der Waals surface area contributed by atoms with Gasteiger partial charge in [0, 0.05) is 23.1 Å². The van der Waals surface area contributed by atoms with Gasteiger partial charge in [0.2, 0.25) is 0 Å². The summed E-state index contributed by atoms with van der Waals surface area (Å²) >= 11 is -1.76. The quantitative estimate of drug-likeness (QED) is 0.432. The van der Waals surface area contributed by atoms with Gasteiger partial charge in [0.15, 0.2) is 5.69 Å². The SMILES string of the molecule is CCOC(=O)C[C@H](N[S@+]([O-])C(C)(C)C)c1cn(-c2c(C)cc(C)cc2OC)nc1C(F)(F)F. The molecule has 0 saturated carbocycles. The standard InChI is InChI=1S/C22H30F3N3O4S/c1-8-32-18(29)11-16(27-33(30)21(4,5)6)15-12-28(26-20(15)22(23,24)25)19-14(3)9-13(2)10-17(19)31-7/h9-10,12,16,27H,8,11H2,1-7H3/t16-,33+/m0/s1. The van der Waals surface area contributed by atoms with Crippen molar-refractivity contribution in [1.29, 1.82) is 0 Å². The zero-order valence-electron chi connectivity index (χ0n) is 19.8. The minimum absolute atomic E-state index is 0.0685. The number of hydrogen-bond acceptors (Lipinski definition) is 6. The van der Waals surface area contributed by atoms with Gasteiger partial charge in [-0.15, -0.1) is 4.72 Å². The van der Waals surface area contributed by atoms with E-state index in [4.69, 9.17) is 9.47 Å². The largest absolute Gasteiger partial charge is 0.598 e. The summed E-state index contributed by atoms with van der Waals surface area (Å²) in [5, 5.41) is 3.82. The predicted octanol–water partition coefficient (Wildman–Crippen LogP) is 4.56. The highest BCUT2D eigenvalue weighted by Gasteiger charge is 2.42. The average molecular weight is 490 g/mol. The van der Waals surface area contributed by atoms with Crippen molar-refractivity contribution in [3.8, 4) is 11.4 Å². The Morgan fingerprint density at radius 3 is 2.42 bits per heavy atom. The summed E-state index contributed by atoms with van der Waals surface area (Å²) in [4.78, 5) is 12.2. The van der Waals surface area contributed by atoms with E-state index in [0.29, 0.717) is 17.0 Å². The van der Waals surface area contributed by atoms with Crippen LogP contribution in [0.1, 0.15) is 62.5 Å². The molecule has 1 N–H and O–H groups in total. The van der Waals surface area contributed by atoms with E-state index in [9.17, 15) is 22.5 Å². The topological polar surface area (TPSA) is 88.4 Å². The molecule has 0 aliphatic heterocycles. The third-order valence-electron chi connectivity index (χ3n) is 4.73. The van der Waals surface area contributed by atoms with Crippen molar-refractivity contribution in [3.05, 3.63) is 40.7 Å². The number of carbonyl (C=O) groups excluding carboxylic acids is 1. The number of halogens is 3. The highest BCUT2D eigenvalue weighted by Crippen LogP contribution is 2.38. The number of rotatable bonds is 8. The number of ether oxygens (including phenoxy) is 2. The second-order valence-electron chi connectivity index (χ2n) is 8.57. The van der Waals surface area contributed by atoms with Gasteiger partial charge in [0.25, 0.3) is 0 Å². The molecule has 7 nitrogen and oxygen atoms in total. The Kier molecular flexibility index (Phi) is 8.47. The van der Waals surface area contributed by atoms with Crippen molar-refractivity contribution < 1.29 is 32.0 Å². The van der Waals surface area contributed by atoms with Crippen LogP contribution in [0.4, 0.5) is 13.2 Å². The maximum Gasteiger partial charge on any atom is 0.435 e. The summed E-state index contributed by atoms with van der Waals surface area (Å²) in [6, 6.07) is 2.25.